The van der Waals surface area contributed by atoms with E-state index in [4.69, 9.17) is 0 Å². The number of rotatable bonds is 13. The van der Waals surface area contributed by atoms with Crippen molar-refractivity contribution in [2.24, 2.45) is 5.92 Å². The molecule has 0 spiro atoms. The van der Waals surface area contributed by atoms with Gasteiger partial charge in [-0.2, -0.15) is 8.78 Å². The van der Waals surface area contributed by atoms with E-state index in [2.05, 4.69) is 47.1 Å². The molecule has 0 aromatic rings. The molecule has 0 aliphatic carbocycles. The molecular weight excluding hydrogens is 535 g/mol. The third kappa shape index (κ3) is 7.45. The number of unbranched alkanes of at least 4 members (excludes halogenated alkanes) is 1. The minimum absolute atomic E-state index is 0.0145. The van der Waals surface area contributed by atoms with Crippen LogP contribution in [0, 0.1) is 5.92 Å². The Kier molecular flexibility index (Phi) is 11.2. The zero-order chi connectivity index (χ0) is 30.3. The van der Waals surface area contributed by atoms with Crippen LogP contribution in [0.2, 0.25) is 0 Å². The molecule has 0 aromatic carbocycles. The van der Waals surface area contributed by atoms with Gasteiger partial charge in [-0.3, -0.25) is 0 Å². The van der Waals surface area contributed by atoms with Crippen LogP contribution in [0.15, 0.2) is 0 Å². The standard InChI is InChI=1S/C28H58F2O4S3/c1-22(18-16-17-19-26(10,11)36(31,32)24(5,6)7)28(29,30)37(33,34)27(12,13)21-20-25(8,9)35(14,15)23(2,3)4/h22H,16-21H2,1-15H3. The molecule has 0 amide bonds. The van der Waals surface area contributed by atoms with Crippen LogP contribution in [-0.2, 0) is 19.7 Å². The second kappa shape index (κ2) is 11.2. The second-order valence-corrected chi connectivity index (χ2v) is 26.0. The zero-order valence-electron chi connectivity index (χ0n) is 26.4. The van der Waals surface area contributed by atoms with Crippen molar-refractivity contribution in [1.82, 2.24) is 0 Å². The third-order valence-electron chi connectivity index (χ3n) is 9.10. The van der Waals surface area contributed by atoms with Crippen molar-refractivity contribution in [3.05, 3.63) is 0 Å². The molecule has 0 radical (unpaired) electrons. The van der Waals surface area contributed by atoms with Crippen LogP contribution in [0.25, 0.3) is 0 Å². The van der Waals surface area contributed by atoms with Gasteiger partial charge in [0.2, 0.25) is 9.84 Å². The van der Waals surface area contributed by atoms with E-state index in [9.17, 15) is 16.8 Å². The molecule has 9 heteroatoms. The normalized spacial score (nSPS) is 17.1. The molecule has 0 bridgehead atoms. The SMILES string of the molecule is CC(CCCCC(C)(C)S(=O)(=O)C(C)(C)C)C(F)(F)S(=O)(=O)C(C)(C)CCC(C)(C)S(C)(C)C(C)(C)C. The Balaban J connectivity index is 5.48. The number of hydrogen-bond acceptors (Lipinski definition) is 4. The molecule has 0 aromatic heterocycles. The second-order valence-electron chi connectivity index (χ2n) is 15.0. The van der Waals surface area contributed by atoms with Gasteiger partial charge in [0.05, 0.1) is 14.2 Å². The predicted octanol–water partition coefficient (Wildman–Crippen LogP) is 8.38. The maximum atomic E-state index is 15.5. The molecule has 0 rings (SSSR count). The molecule has 0 saturated carbocycles. The van der Waals surface area contributed by atoms with E-state index in [1.165, 1.54) is 20.8 Å². The maximum Gasteiger partial charge on any atom is 0.348 e. The highest BCUT2D eigenvalue weighted by Crippen LogP contribution is 2.64. The summed E-state index contributed by atoms with van der Waals surface area (Å²) in [5.41, 5.74) is 0. The predicted molar refractivity (Wildman–Crippen MR) is 161 cm³/mol. The van der Waals surface area contributed by atoms with Crippen LogP contribution < -0.4 is 0 Å². The Morgan fingerprint density at radius 3 is 1.32 bits per heavy atom. The molecule has 0 fully saturated rings. The van der Waals surface area contributed by atoms with Gasteiger partial charge in [0.1, 0.15) is 0 Å². The van der Waals surface area contributed by atoms with Crippen molar-refractivity contribution in [3.63, 3.8) is 0 Å². The van der Waals surface area contributed by atoms with E-state index < -0.39 is 55.1 Å². The van der Waals surface area contributed by atoms with E-state index >= 15 is 8.78 Å². The number of halogens is 2. The largest absolute Gasteiger partial charge is 0.348 e. The van der Waals surface area contributed by atoms with Gasteiger partial charge in [0.15, 0.2) is 9.84 Å². The van der Waals surface area contributed by atoms with E-state index in [0.29, 0.717) is 25.7 Å². The first-order chi connectivity index (χ1) is 15.8. The van der Waals surface area contributed by atoms with Crippen molar-refractivity contribution in [1.29, 1.82) is 0 Å². The molecule has 0 saturated heterocycles. The van der Waals surface area contributed by atoms with E-state index in [1.807, 2.05) is 0 Å². The number of alkyl halides is 2. The van der Waals surface area contributed by atoms with Crippen LogP contribution in [0.5, 0.6) is 0 Å². The van der Waals surface area contributed by atoms with Gasteiger partial charge in [-0.25, -0.2) is 26.9 Å². The molecule has 0 aliphatic rings. The highest BCUT2D eigenvalue weighted by molar-refractivity contribution is 8.34. The van der Waals surface area contributed by atoms with Crippen LogP contribution in [0.1, 0.15) is 129 Å². The lowest BCUT2D eigenvalue weighted by Crippen LogP contribution is -2.49. The van der Waals surface area contributed by atoms with Crippen LogP contribution in [-0.4, -0.2) is 58.3 Å². The summed E-state index contributed by atoms with van der Waals surface area (Å²) in [7, 11) is -9.37. The summed E-state index contributed by atoms with van der Waals surface area (Å²) in [6.07, 6.45) is 6.30. The molecule has 1 unspecified atom stereocenters. The lowest BCUT2D eigenvalue weighted by atomic mass is 9.99. The molecule has 4 nitrogen and oxygen atoms in total. The Morgan fingerprint density at radius 2 is 0.946 bits per heavy atom. The number of hydrogen-bond donors (Lipinski definition) is 0. The Bertz CT molecular complexity index is 979. The van der Waals surface area contributed by atoms with Gasteiger partial charge in [0, 0.05) is 5.92 Å². The third-order valence-corrected chi connectivity index (χ3v) is 21.2. The summed E-state index contributed by atoms with van der Waals surface area (Å²) >= 11 is 0. The molecule has 226 valence electrons. The lowest BCUT2D eigenvalue weighted by molar-refractivity contribution is 0.0267. The Labute approximate surface area is 230 Å². The van der Waals surface area contributed by atoms with Gasteiger partial charge in [-0.1, -0.05) is 54.4 Å². The fourth-order valence-electron chi connectivity index (χ4n) is 4.59. The highest BCUT2D eigenvalue weighted by Gasteiger charge is 2.57. The Morgan fingerprint density at radius 1 is 0.568 bits per heavy atom. The van der Waals surface area contributed by atoms with Gasteiger partial charge in [-0.15, -0.1) is 0 Å². The molecule has 0 aliphatic heterocycles. The minimum Gasteiger partial charge on any atom is -0.237 e. The fourth-order valence-corrected chi connectivity index (χ4v) is 10.7. The smallest absolute Gasteiger partial charge is 0.237 e. The van der Waals surface area contributed by atoms with Gasteiger partial charge in [0.25, 0.3) is 0 Å². The van der Waals surface area contributed by atoms with Gasteiger partial charge < -0.3 is 0 Å². The summed E-state index contributed by atoms with van der Waals surface area (Å²) in [5, 5.41) is -3.86. The van der Waals surface area contributed by atoms with Crippen molar-refractivity contribution >= 4 is 29.7 Å². The molecule has 37 heavy (non-hydrogen) atoms. The fraction of sp³-hybridized carbons (Fsp3) is 1.00. The van der Waals surface area contributed by atoms with Crippen molar-refractivity contribution in [2.75, 3.05) is 12.5 Å². The van der Waals surface area contributed by atoms with E-state index in [-0.39, 0.29) is 22.3 Å². The molecular formula is C28H58F2O4S3. The lowest BCUT2D eigenvalue weighted by Gasteiger charge is -2.56. The summed E-state index contributed by atoms with van der Waals surface area (Å²) < 4.78 is 79.6. The Hall–Kier alpha value is 0.110. The van der Waals surface area contributed by atoms with E-state index in [0.717, 1.165) is 0 Å². The van der Waals surface area contributed by atoms with E-state index in [1.54, 1.807) is 34.6 Å². The van der Waals surface area contributed by atoms with Gasteiger partial charge >= 0.3 is 5.25 Å². The van der Waals surface area contributed by atoms with Crippen LogP contribution >= 0.6 is 10.0 Å². The van der Waals surface area contributed by atoms with Crippen molar-refractivity contribution in [2.45, 2.75) is 158 Å². The minimum atomic E-state index is -4.77. The topological polar surface area (TPSA) is 68.3 Å². The zero-order valence-corrected chi connectivity index (χ0v) is 28.9. The average Bonchev–Trinajstić information content (AvgIpc) is 2.67. The van der Waals surface area contributed by atoms with Crippen LogP contribution in [0.3, 0.4) is 0 Å². The quantitative estimate of drug-likeness (QED) is 0.201. The summed E-state index contributed by atoms with van der Waals surface area (Å²) in [6.45, 7) is 23.3. The first kappa shape index (κ1) is 37.1. The summed E-state index contributed by atoms with van der Waals surface area (Å²) in [4.78, 5) is 0. The van der Waals surface area contributed by atoms with Crippen molar-refractivity contribution < 1.29 is 25.6 Å². The molecule has 0 heterocycles. The maximum absolute atomic E-state index is 15.5. The molecule has 1 atom stereocenters. The monoisotopic (exact) mass is 592 g/mol. The summed E-state index contributed by atoms with van der Waals surface area (Å²) in [6, 6.07) is 0. The summed E-state index contributed by atoms with van der Waals surface area (Å²) in [5.74, 6) is -1.36. The number of sulfone groups is 2. The average molecular weight is 593 g/mol. The first-order valence-electron chi connectivity index (χ1n) is 13.4. The van der Waals surface area contributed by atoms with Crippen molar-refractivity contribution in [3.8, 4) is 0 Å². The van der Waals surface area contributed by atoms with Gasteiger partial charge in [-0.05, 0) is 96.2 Å². The first-order valence-corrected chi connectivity index (χ1v) is 18.8. The molecule has 0 N–H and O–H groups in total. The highest BCUT2D eigenvalue weighted by atomic mass is 32.3. The van der Waals surface area contributed by atoms with Crippen LogP contribution in [0.4, 0.5) is 8.78 Å².